The molecule has 0 spiro atoms. The van der Waals surface area contributed by atoms with Crippen LogP contribution in [-0.2, 0) is 20.8 Å². The van der Waals surface area contributed by atoms with Crippen LogP contribution in [0.2, 0.25) is 0 Å². The number of esters is 2. The van der Waals surface area contributed by atoms with Crippen molar-refractivity contribution in [1.29, 1.82) is 0 Å². The molecule has 1 aromatic heterocycles. The summed E-state index contributed by atoms with van der Waals surface area (Å²) in [6, 6.07) is 4.79. The maximum atomic E-state index is 12.2. The molecule has 1 aliphatic rings. The van der Waals surface area contributed by atoms with Gasteiger partial charge in [0.2, 0.25) is 6.10 Å². The first-order valence-electron chi connectivity index (χ1n) is 7.40. The zero-order valence-corrected chi connectivity index (χ0v) is 12.9. The van der Waals surface area contributed by atoms with Crippen molar-refractivity contribution in [3.05, 3.63) is 39.8 Å². The Bertz CT molecular complexity index is 855. The Labute approximate surface area is 131 Å². The van der Waals surface area contributed by atoms with Gasteiger partial charge in [-0.05, 0) is 32.0 Å². The van der Waals surface area contributed by atoms with Gasteiger partial charge in [-0.25, -0.2) is 14.6 Å². The number of fused-ring (bicyclic) bond motifs is 1. The molecule has 7 heteroatoms. The molecular weight excluding hydrogens is 300 g/mol. The van der Waals surface area contributed by atoms with Crippen molar-refractivity contribution < 1.29 is 19.1 Å². The smallest absolute Gasteiger partial charge is 0.347 e. The molecule has 1 aromatic carbocycles. The minimum Gasteiger partial charge on any atom is -0.463 e. The van der Waals surface area contributed by atoms with E-state index in [9.17, 15) is 14.4 Å². The molecule has 1 fully saturated rings. The van der Waals surface area contributed by atoms with E-state index in [4.69, 9.17) is 9.47 Å². The summed E-state index contributed by atoms with van der Waals surface area (Å²) >= 11 is 0. The Morgan fingerprint density at radius 3 is 2.87 bits per heavy atom. The summed E-state index contributed by atoms with van der Waals surface area (Å²) in [4.78, 5) is 39.8. The highest BCUT2D eigenvalue weighted by molar-refractivity contribution is 5.95. The van der Waals surface area contributed by atoms with Gasteiger partial charge in [0.05, 0.1) is 23.2 Å². The van der Waals surface area contributed by atoms with Crippen LogP contribution in [0.3, 0.4) is 0 Å². The number of rotatable bonds is 3. The van der Waals surface area contributed by atoms with E-state index >= 15 is 0 Å². The fourth-order valence-corrected chi connectivity index (χ4v) is 2.60. The predicted molar refractivity (Wildman–Crippen MR) is 81.2 cm³/mol. The minimum atomic E-state index is -0.850. The van der Waals surface area contributed by atoms with Crippen LogP contribution in [0.1, 0.15) is 29.4 Å². The van der Waals surface area contributed by atoms with Crippen molar-refractivity contribution in [2.24, 2.45) is 0 Å². The van der Waals surface area contributed by atoms with E-state index in [-0.39, 0.29) is 17.7 Å². The molecule has 0 bridgehead atoms. The second-order valence-electron chi connectivity index (χ2n) is 5.30. The highest BCUT2D eigenvalue weighted by Gasteiger charge is 2.30. The summed E-state index contributed by atoms with van der Waals surface area (Å²) in [6.45, 7) is 4.27. The zero-order valence-electron chi connectivity index (χ0n) is 12.9. The normalized spacial score (nSPS) is 17.3. The van der Waals surface area contributed by atoms with Crippen molar-refractivity contribution >= 4 is 23.0 Å². The number of aryl methyl sites for hydroxylation is 2. The summed E-state index contributed by atoms with van der Waals surface area (Å²) in [5.41, 5.74) is 1.69. The van der Waals surface area contributed by atoms with Gasteiger partial charge >= 0.3 is 11.9 Å². The number of carbonyl (C=O) groups is 2. The molecule has 1 saturated heterocycles. The van der Waals surface area contributed by atoms with E-state index in [2.05, 4.69) is 4.98 Å². The van der Waals surface area contributed by atoms with Crippen LogP contribution < -0.4 is 5.56 Å². The molecule has 2 heterocycles. The first kappa shape index (κ1) is 15.2. The SMILES string of the molecule is CCn1c(=O)c(C)nc2cc(C(=O)O[C@H]3CCOC3=O)ccc21. The lowest BCUT2D eigenvalue weighted by atomic mass is 10.2. The van der Waals surface area contributed by atoms with Gasteiger partial charge < -0.3 is 14.0 Å². The third-order valence-corrected chi connectivity index (χ3v) is 3.80. The number of hydrogen-bond acceptors (Lipinski definition) is 6. The summed E-state index contributed by atoms with van der Waals surface area (Å²) in [7, 11) is 0. The van der Waals surface area contributed by atoms with Crippen LogP contribution in [0.15, 0.2) is 23.0 Å². The molecular formula is C16H16N2O5. The van der Waals surface area contributed by atoms with Gasteiger partial charge in [-0.2, -0.15) is 0 Å². The molecule has 3 rings (SSSR count). The standard InChI is InChI=1S/C16H16N2O5/c1-3-18-12-5-4-10(8-11(12)17-9(2)14(18)19)15(20)23-13-6-7-22-16(13)21/h4-5,8,13H,3,6-7H2,1-2H3/t13-/m0/s1. The van der Waals surface area contributed by atoms with E-state index in [0.717, 1.165) is 0 Å². The van der Waals surface area contributed by atoms with Crippen LogP contribution in [0.5, 0.6) is 0 Å². The van der Waals surface area contributed by atoms with Crippen molar-refractivity contribution in [3.8, 4) is 0 Å². The number of ether oxygens (including phenoxy) is 2. The van der Waals surface area contributed by atoms with E-state index in [0.29, 0.717) is 29.7 Å². The summed E-state index contributed by atoms with van der Waals surface area (Å²) < 4.78 is 11.5. The summed E-state index contributed by atoms with van der Waals surface area (Å²) in [5.74, 6) is -1.13. The average Bonchev–Trinajstić information content (AvgIpc) is 2.93. The highest BCUT2D eigenvalue weighted by Crippen LogP contribution is 2.17. The molecule has 2 aromatic rings. The Kier molecular flexibility index (Phi) is 3.85. The second-order valence-corrected chi connectivity index (χ2v) is 5.30. The maximum Gasteiger partial charge on any atom is 0.347 e. The van der Waals surface area contributed by atoms with Crippen molar-refractivity contribution in [3.63, 3.8) is 0 Å². The predicted octanol–water partition coefficient (Wildman–Crippen LogP) is 1.20. The lowest BCUT2D eigenvalue weighted by Crippen LogP contribution is -2.24. The van der Waals surface area contributed by atoms with Gasteiger partial charge in [0.1, 0.15) is 5.69 Å². The monoisotopic (exact) mass is 316 g/mol. The third kappa shape index (κ3) is 2.69. The molecule has 0 amide bonds. The average molecular weight is 316 g/mol. The lowest BCUT2D eigenvalue weighted by molar-refractivity contribution is -0.145. The topological polar surface area (TPSA) is 87.5 Å². The van der Waals surface area contributed by atoms with Crippen LogP contribution in [0.25, 0.3) is 11.0 Å². The molecule has 1 atom stereocenters. The molecule has 0 N–H and O–H groups in total. The molecule has 0 saturated carbocycles. The number of cyclic esters (lactones) is 1. The van der Waals surface area contributed by atoms with Crippen LogP contribution in [0, 0.1) is 6.92 Å². The Hall–Kier alpha value is -2.70. The fourth-order valence-electron chi connectivity index (χ4n) is 2.60. The Morgan fingerprint density at radius 1 is 1.43 bits per heavy atom. The highest BCUT2D eigenvalue weighted by atomic mass is 16.6. The van der Waals surface area contributed by atoms with Crippen molar-refractivity contribution in [2.45, 2.75) is 32.9 Å². The molecule has 23 heavy (non-hydrogen) atoms. The minimum absolute atomic E-state index is 0.149. The number of nitrogens with zero attached hydrogens (tertiary/aromatic N) is 2. The van der Waals surface area contributed by atoms with E-state index in [1.54, 1.807) is 29.7 Å². The molecule has 0 unspecified atom stereocenters. The molecule has 7 nitrogen and oxygen atoms in total. The van der Waals surface area contributed by atoms with E-state index < -0.39 is 18.0 Å². The molecule has 0 aliphatic carbocycles. The maximum absolute atomic E-state index is 12.2. The number of carbonyl (C=O) groups excluding carboxylic acids is 2. The van der Waals surface area contributed by atoms with Crippen LogP contribution in [0.4, 0.5) is 0 Å². The van der Waals surface area contributed by atoms with Crippen LogP contribution in [-0.4, -0.2) is 34.2 Å². The lowest BCUT2D eigenvalue weighted by Gasteiger charge is -2.11. The van der Waals surface area contributed by atoms with Crippen molar-refractivity contribution in [1.82, 2.24) is 9.55 Å². The van der Waals surface area contributed by atoms with Gasteiger partial charge in [-0.1, -0.05) is 0 Å². The van der Waals surface area contributed by atoms with Gasteiger partial charge in [0.15, 0.2) is 0 Å². The fraction of sp³-hybridized carbons (Fsp3) is 0.375. The number of benzene rings is 1. The molecule has 0 radical (unpaired) electrons. The van der Waals surface area contributed by atoms with Gasteiger partial charge in [-0.3, -0.25) is 4.79 Å². The van der Waals surface area contributed by atoms with E-state index in [1.165, 1.54) is 0 Å². The summed E-state index contributed by atoms with van der Waals surface area (Å²) in [5, 5.41) is 0. The largest absolute Gasteiger partial charge is 0.463 e. The Balaban J connectivity index is 1.96. The number of aromatic nitrogens is 2. The summed E-state index contributed by atoms with van der Waals surface area (Å²) in [6.07, 6.45) is -0.484. The first-order valence-corrected chi connectivity index (χ1v) is 7.40. The van der Waals surface area contributed by atoms with Gasteiger partial charge in [0.25, 0.3) is 5.56 Å². The Morgan fingerprint density at radius 2 is 2.22 bits per heavy atom. The van der Waals surface area contributed by atoms with Gasteiger partial charge in [0, 0.05) is 13.0 Å². The first-order chi connectivity index (χ1) is 11.0. The second kappa shape index (κ2) is 5.83. The van der Waals surface area contributed by atoms with Crippen molar-refractivity contribution in [2.75, 3.05) is 6.61 Å². The van der Waals surface area contributed by atoms with Crippen LogP contribution >= 0.6 is 0 Å². The molecule has 1 aliphatic heterocycles. The molecule has 120 valence electrons. The van der Waals surface area contributed by atoms with Gasteiger partial charge in [-0.15, -0.1) is 0 Å². The van der Waals surface area contributed by atoms with E-state index in [1.807, 2.05) is 6.92 Å². The third-order valence-electron chi connectivity index (χ3n) is 3.80. The quantitative estimate of drug-likeness (QED) is 0.791. The zero-order chi connectivity index (χ0) is 16.6. The number of hydrogen-bond donors (Lipinski definition) is 0.